The second-order valence-corrected chi connectivity index (χ2v) is 11.2. The smallest absolute Gasteiger partial charge is 0.335 e. The number of nitrogens with one attached hydrogen (secondary N) is 2. The fourth-order valence-corrected chi connectivity index (χ4v) is 5.10. The molecule has 0 saturated carbocycles. The van der Waals surface area contributed by atoms with Crippen molar-refractivity contribution in [3.63, 3.8) is 0 Å². The second-order valence-electron chi connectivity index (χ2n) is 11.2. The third kappa shape index (κ3) is 7.90. The Bertz CT molecular complexity index is 1440. The molecular formula is C31H39N5O7. The third-order valence-corrected chi connectivity index (χ3v) is 7.59. The number of aryl methyl sites for hydroxylation is 2. The summed E-state index contributed by atoms with van der Waals surface area (Å²) in [6, 6.07) is 11.1. The normalized spacial score (nSPS) is 17.7. The summed E-state index contributed by atoms with van der Waals surface area (Å²) in [6.07, 6.45) is -0.283. The van der Waals surface area contributed by atoms with E-state index in [0.29, 0.717) is 53.8 Å². The first-order valence-electron chi connectivity index (χ1n) is 14.2. The second kappa shape index (κ2) is 13.7. The first-order chi connectivity index (χ1) is 20.4. The van der Waals surface area contributed by atoms with Gasteiger partial charge in [0.15, 0.2) is 5.76 Å². The van der Waals surface area contributed by atoms with E-state index in [4.69, 9.17) is 9.26 Å². The van der Waals surface area contributed by atoms with Gasteiger partial charge in [-0.05, 0) is 63.7 Å². The van der Waals surface area contributed by atoms with Gasteiger partial charge in [0.05, 0.1) is 24.6 Å². The van der Waals surface area contributed by atoms with Gasteiger partial charge in [0, 0.05) is 36.8 Å². The Morgan fingerprint density at radius 3 is 2.51 bits per heavy atom. The van der Waals surface area contributed by atoms with Crippen molar-refractivity contribution in [2.45, 2.75) is 52.8 Å². The number of carbonyl (C=O) groups is 3. The summed E-state index contributed by atoms with van der Waals surface area (Å²) in [5, 5.41) is 28.5. The summed E-state index contributed by atoms with van der Waals surface area (Å²) < 4.78 is 11.7. The van der Waals surface area contributed by atoms with Crippen molar-refractivity contribution in [3.8, 4) is 5.75 Å². The highest BCUT2D eigenvalue weighted by Gasteiger charge is 2.31. The summed E-state index contributed by atoms with van der Waals surface area (Å²) in [7, 11) is 1.96. The van der Waals surface area contributed by atoms with Crippen LogP contribution in [0.15, 0.2) is 47.0 Å². The van der Waals surface area contributed by atoms with E-state index in [1.54, 1.807) is 61.2 Å². The molecule has 1 aromatic heterocycles. The quantitative estimate of drug-likeness (QED) is 0.289. The molecule has 2 aromatic carbocycles. The largest absolute Gasteiger partial charge is 0.488 e. The summed E-state index contributed by atoms with van der Waals surface area (Å²) in [5.74, 6) is -0.175. The minimum Gasteiger partial charge on any atom is -0.488 e. The Morgan fingerprint density at radius 1 is 1.16 bits per heavy atom. The molecule has 2 heterocycles. The Hall–Kier alpha value is -4.42. The number of rotatable bonds is 9. The SMILES string of the molecule is Cc1noc(C)c1NC(=O)Nc1ccc2c(c1)CC(=O)N([C@@H](C)CO)C[C@H](C)[C@H](CN(C)Cc1ccc(C(=O)O)cc1)O2. The van der Waals surface area contributed by atoms with E-state index < -0.39 is 12.0 Å². The van der Waals surface area contributed by atoms with Crippen LogP contribution in [0.4, 0.5) is 16.2 Å². The Morgan fingerprint density at radius 2 is 1.88 bits per heavy atom. The Kier molecular flexibility index (Phi) is 10.0. The van der Waals surface area contributed by atoms with E-state index in [-0.39, 0.29) is 42.6 Å². The monoisotopic (exact) mass is 593 g/mol. The predicted molar refractivity (Wildman–Crippen MR) is 160 cm³/mol. The van der Waals surface area contributed by atoms with E-state index in [9.17, 15) is 24.6 Å². The van der Waals surface area contributed by atoms with Crippen molar-refractivity contribution < 1.29 is 33.9 Å². The average molecular weight is 594 g/mol. The number of aliphatic hydroxyl groups excluding tert-OH is 1. The van der Waals surface area contributed by atoms with Crippen LogP contribution in [0.1, 0.15) is 46.8 Å². The minimum absolute atomic E-state index is 0.0336. The van der Waals surface area contributed by atoms with Crippen LogP contribution in [0.2, 0.25) is 0 Å². The molecule has 0 saturated heterocycles. The van der Waals surface area contributed by atoms with Crippen LogP contribution in [0, 0.1) is 19.8 Å². The van der Waals surface area contributed by atoms with Crippen molar-refractivity contribution in [1.82, 2.24) is 15.0 Å². The van der Waals surface area contributed by atoms with E-state index in [1.807, 2.05) is 20.9 Å². The standard InChI is InChI=1S/C31H39N5O7/c1-18-14-36(19(2)17-37)28(38)13-24-12-25(32-31(41)33-29-20(3)34-43-21(29)4)10-11-26(24)42-27(18)16-35(5)15-22-6-8-23(9-7-22)30(39)40/h6-12,18-19,27,37H,13-17H2,1-5H3,(H,39,40)(H2,32,33,41)/t18-,19-,27-/m0/s1. The molecule has 43 heavy (non-hydrogen) atoms. The highest BCUT2D eigenvalue weighted by Crippen LogP contribution is 2.30. The summed E-state index contributed by atoms with van der Waals surface area (Å²) in [5.41, 5.74) is 3.33. The van der Waals surface area contributed by atoms with Gasteiger partial charge in [0.1, 0.15) is 23.2 Å². The number of carboxylic acids is 1. The van der Waals surface area contributed by atoms with Gasteiger partial charge >= 0.3 is 12.0 Å². The number of ether oxygens (including phenoxy) is 1. The zero-order chi connectivity index (χ0) is 31.3. The highest BCUT2D eigenvalue weighted by molar-refractivity contribution is 6.00. The molecule has 1 aliphatic heterocycles. The van der Waals surface area contributed by atoms with Gasteiger partial charge in [-0.2, -0.15) is 0 Å². The highest BCUT2D eigenvalue weighted by atomic mass is 16.5. The Balaban J connectivity index is 1.55. The van der Waals surface area contributed by atoms with Gasteiger partial charge in [-0.15, -0.1) is 0 Å². The van der Waals surface area contributed by atoms with Crippen LogP contribution >= 0.6 is 0 Å². The van der Waals surface area contributed by atoms with Crippen LogP contribution in [0.25, 0.3) is 0 Å². The number of nitrogens with zero attached hydrogens (tertiary/aromatic N) is 3. The zero-order valence-corrected chi connectivity index (χ0v) is 25.1. The number of aliphatic hydroxyl groups is 1. The molecule has 0 radical (unpaired) electrons. The number of aromatic nitrogens is 1. The molecule has 4 N–H and O–H groups in total. The number of carbonyl (C=O) groups excluding carboxylic acids is 2. The molecule has 1 aliphatic rings. The van der Waals surface area contributed by atoms with Crippen molar-refractivity contribution in [2.24, 2.45) is 5.92 Å². The molecule has 0 fully saturated rings. The lowest BCUT2D eigenvalue weighted by atomic mass is 10.0. The maximum atomic E-state index is 13.5. The summed E-state index contributed by atoms with van der Waals surface area (Å²) >= 11 is 0. The number of benzene rings is 2. The van der Waals surface area contributed by atoms with E-state index in [0.717, 1.165) is 5.56 Å². The predicted octanol–water partition coefficient (Wildman–Crippen LogP) is 3.91. The van der Waals surface area contributed by atoms with Gasteiger partial charge in [0.2, 0.25) is 5.91 Å². The van der Waals surface area contributed by atoms with E-state index in [2.05, 4.69) is 20.7 Å². The number of hydrogen-bond donors (Lipinski definition) is 4. The van der Waals surface area contributed by atoms with Crippen LogP contribution in [-0.2, 0) is 17.8 Å². The number of anilines is 2. The third-order valence-electron chi connectivity index (χ3n) is 7.59. The van der Waals surface area contributed by atoms with E-state index >= 15 is 0 Å². The van der Waals surface area contributed by atoms with Crippen molar-refractivity contribution in [3.05, 3.63) is 70.6 Å². The lowest BCUT2D eigenvalue weighted by Gasteiger charge is -2.34. The number of fused-ring (bicyclic) bond motifs is 1. The molecule has 0 bridgehead atoms. The number of likely N-dealkylation sites (N-methyl/N-ethyl adjacent to an activating group) is 1. The average Bonchev–Trinajstić information content (AvgIpc) is 3.29. The fraction of sp³-hybridized carbons (Fsp3) is 0.419. The molecule has 12 nitrogen and oxygen atoms in total. The minimum atomic E-state index is -0.970. The lowest BCUT2D eigenvalue weighted by molar-refractivity contribution is -0.134. The number of carboxylic acid groups (broad SMARTS) is 1. The molecule has 3 atom stereocenters. The van der Waals surface area contributed by atoms with Gasteiger partial charge in [0.25, 0.3) is 0 Å². The van der Waals surface area contributed by atoms with Crippen molar-refractivity contribution >= 4 is 29.3 Å². The first kappa shape index (κ1) is 31.5. The number of hydrogen-bond acceptors (Lipinski definition) is 8. The fourth-order valence-electron chi connectivity index (χ4n) is 5.10. The van der Waals surface area contributed by atoms with Gasteiger partial charge in [-0.25, -0.2) is 9.59 Å². The van der Waals surface area contributed by atoms with Gasteiger partial charge < -0.3 is 35.0 Å². The van der Waals surface area contributed by atoms with Crippen molar-refractivity contribution in [2.75, 3.05) is 37.4 Å². The van der Waals surface area contributed by atoms with Crippen LogP contribution in [0.5, 0.6) is 5.75 Å². The molecule has 3 aromatic rings. The molecular weight excluding hydrogens is 554 g/mol. The zero-order valence-electron chi connectivity index (χ0n) is 25.1. The molecule has 0 aliphatic carbocycles. The van der Waals surface area contributed by atoms with Gasteiger partial charge in [-0.3, -0.25) is 9.69 Å². The topological polar surface area (TPSA) is 157 Å². The number of aromatic carboxylic acids is 1. The number of amides is 3. The molecule has 0 unspecified atom stereocenters. The molecule has 12 heteroatoms. The molecule has 0 spiro atoms. The maximum absolute atomic E-state index is 13.5. The van der Waals surface area contributed by atoms with Crippen LogP contribution < -0.4 is 15.4 Å². The first-order valence-corrected chi connectivity index (χ1v) is 14.2. The number of urea groups is 1. The maximum Gasteiger partial charge on any atom is 0.335 e. The van der Waals surface area contributed by atoms with Crippen molar-refractivity contribution in [1.29, 1.82) is 0 Å². The van der Waals surface area contributed by atoms with Crippen LogP contribution in [-0.4, -0.2) is 82.0 Å². The lowest BCUT2D eigenvalue weighted by Crippen LogP contribution is -2.47. The van der Waals surface area contributed by atoms with Crippen LogP contribution in [0.3, 0.4) is 0 Å². The summed E-state index contributed by atoms with van der Waals surface area (Å²) in [6.45, 7) is 8.57. The summed E-state index contributed by atoms with van der Waals surface area (Å²) in [4.78, 5) is 41.2. The molecule has 3 amide bonds. The van der Waals surface area contributed by atoms with Gasteiger partial charge in [-0.1, -0.05) is 24.2 Å². The molecule has 4 rings (SSSR count). The molecule has 230 valence electrons. The van der Waals surface area contributed by atoms with E-state index in [1.165, 1.54) is 0 Å². The Labute approximate surface area is 250 Å².